The molecule has 1 aromatic rings. The third kappa shape index (κ3) is 3.04. The summed E-state index contributed by atoms with van der Waals surface area (Å²) < 4.78 is 4.96. The molecular weight excluding hydrogens is 236 g/mol. The van der Waals surface area contributed by atoms with E-state index in [1.807, 2.05) is 6.92 Å². The van der Waals surface area contributed by atoms with E-state index in [4.69, 9.17) is 9.84 Å². The summed E-state index contributed by atoms with van der Waals surface area (Å²) in [5, 5.41) is 9.00. The van der Waals surface area contributed by atoms with E-state index >= 15 is 0 Å². The number of nitrogens with zero attached hydrogens (tertiary/aromatic N) is 2. The zero-order valence-electron chi connectivity index (χ0n) is 10.6. The van der Waals surface area contributed by atoms with Crippen LogP contribution in [-0.2, 0) is 4.74 Å². The lowest BCUT2D eigenvalue weighted by Crippen LogP contribution is -2.38. The van der Waals surface area contributed by atoms with Gasteiger partial charge in [-0.3, -0.25) is 9.78 Å². The molecule has 1 aromatic heterocycles. The Bertz CT molecular complexity index is 447. The molecule has 1 heterocycles. The van der Waals surface area contributed by atoms with Gasteiger partial charge in [0.1, 0.15) is 5.69 Å². The number of aromatic nitrogens is 1. The molecule has 1 rings (SSSR count). The average Bonchev–Trinajstić information content (AvgIpc) is 2.37. The minimum absolute atomic E-state index is 0.0598. The number of aromatic carboxylic acids is 1. The van der Waals surface area contributed by atoms with Gasteiger partial charge in [0.05, 0.1) is 18.2 Å². The van der Waals surface area contributed by atoms with Crippen LogP contribution in [0.1, 0.15) is 27.8 Å². The maximum absolute atomic E-state index is 12.1. The second kappa shape index (κ2) is 6.11. The molecule has 1 unspecified atom stereocenters. The number of pyridine rings is 1. The summed E-state index contributed by atoms with van der Waals surface area (Å²) >= 11 is 0. The molecule has 0 fully saturated rings. The van der Waals surface area contributed by atoms with Crippen LogP contribution >= 0.6 is 0 Å². The van der Waals surface area contributed by atoms with Gasteiger partial charge in [-0.2, -0.15) is 0 Å². The van der Waals surface area contributed by atoms with Gasteiger partial charge in [0.15, 0.2) is 0 Å². The van der Waals surface area contributed by atoms with Crippen molar-refractivity contribution < 1.29 is 19.4 Å². The lowest BCUT2D eigenvalue weighted by atomic mass is 10.1. The van der Waals surface area contributed by atoms with Crippen LogP contribution in [0.2, 0.25) is 0 Å². The molecule has 0 aliphatic carbocycles. The quantitative estimate of drug-likeness (QED) is 0.841. The minimum atomic E-state index is -1.17. The van der Waals surface area contributed by atoms with Crippen LogP contribution in [0.3, 0.4) is 0 Å². The highest BCUT2D eigenvalue weighted by Crippen LogP contribution is 2.10. The van der Waals surface area contributed by atoms with Crippen LogP contribution in [0.25, 0.3) is 0 Å². The van der Waals surface area contributed by atoms with E-state index in [-0.39, 0.29) is 17.3 Å². The van der Waals surface area contributed by atoms with Crippen LogP contribution in [0.15, 0.2) is 18.3 Å². The van der Waals surface area contributed by atoms with Crippen molar-refractivity contribution in [3.63, 3.8) is 0 Å². The molecule has 1 atom stereocenters. The number of carbonyl (C=O) groups excluding carboxylic acids is 1. The van der Waals surface area contributed by atoms with Crippen molar-refractivity contribution >= 4 is 11.9 Å². The fourth-order valence-electron chi connectivity index (χ4n) is 1.47. The maximum Gasteiger partial charge on any atom is 0.338 e. The number of hydrogen-bond acceptors (Lipinski definition) is 4. The van der Waals surface area contributed by atoms with Crippen molar-refractivity contribution in [3.05, 3.63) is 29.6 Å². The highest BCUT2D eigenvalue weighted by atomic mass is 16.5. The zero-order chi connectivity index (χ0) is 13.7. The standard InChI is InChI=1S/C12H16N2O4/c1-8(7-18-3)14(2)11(15)10-9(12(16)17)5-4-6-13-10/h4-6,8H,7H2,1-3H3,(H,16,17). The lowest BCUT2D eigenvalue weighted by Gasteiger charge is -2.24. The van der Waals surface area contributed by atoms with E-state index in [1.54, 1.807) is 7.05 Å². The van der Waals surface area contributed by atoms with Gasteiger partial charge in [0.25, 0.3) is 5.91 Å². The highest BCUT2D eigenvalue weighted by Gasteiger charge is 2.23. The third-order valence-electron chi connectivity index (χ3n) is 2.63. The van der Waals surface area contributed by atoms with E-state index in [2.05, 4.69) is 4.98 Å². The molecule has 0 bridgehead atoms. The van der Waals surface area contributed by atoms with E-state index in [1.165, 1.54) is 30.3 Å². The van der Waals surface area contributed by atoms with Gasteiger partial charge >= 0.3 is 5.97 Å². The molecule has 0 saturated carbocycles. The zero-order valence-corrected chi connectivity index (χ0v) is 10.6. The monoisotopic (exact) mass is 252 g/mol. The summed E-state index contributed by atoms with van der Waals surface area (Å²) in [6.07, 6.45) is 1.40. The first-order chi connectivity index (χ1) is 8.49. The fraction of sp³-hybridized carbons (Fsp3) is 0.417. The van der Waals surface area contributed by atoms with Gasteiger partial charge in [-0.25, -0.2) is 4.79 Å². The van der Waals surface area contributed by atoms with Crippen LogP contribution in [0.4, 0.5) is 0 Å². The van der Waals surface area contributed by atoms with Gasteiger partial charge in [-0.1, -0.05) is 0 Å². The van der Waals surface area contributed by atoms with Gasteiger partial charge in [0, 0.05) is 20.4 Å². The summed E-state index contributed by atoms with van der Waals surface area (Å²) in [5.41, 5.74) is -0.158. The number of amides is 1. The molecule has 0 aliphatic rings. The largest absolute Gasteiger partial charge is 0.478 e. The first-order valence-electron chi connectivity index (χ1n) is 5.43. The lowest BCUT2D eigenvalue weighted by molar-refractivity contribution is 0.0608. The minimum Gasteiger partial charge on any atom is -0.478 e. The van der Waals surface area contributed by atoms with Gasteiger partial charge < -0.3 is 14.7 Å². The summed E-state index contributed by atoms with van der Waals surface area (Å²) in [6.45, 7) is 2.18. The van der Waals surface area contributed by atoms with Crippen LogP contribution < -0.4 is 0 Å². The second-order valence-corrected chi connectivity index (χ2v) is 3.93. The first kappa shape index (κ1) is 14.1. The summed E-state index contributed by atoms with van der Waals surface area (Å²) in [5.74, 6) is -1.60. The fourth-order valence-corrected chi connectivity index (χ4v) is 1.47. The van der Waals surface area contributed by atoms with Crippen LogP contribution in [0.5, 0.6) is 0 Å². The molecule has 1 N–H and O–H groups in total. The molecule has 18 heavy (non-hydrogen) atoms. The van der Waals surface area contributed by atoms with E-state index in [9.17, 15) is 9.59 Å². The van der Waals surface area contributed by atoms with Gasteiger partial charge in [-0.05, 0) is 19.1 Å². The SMILES string of the molecule is COCC(C)N(C)C(=O)c1ncccc1C(=O)O. The Kier molecular flexibility index (Phi) is 4.79. The number of carboxylic acids is 1. The molecule has 0 spiro atoms. The predicted octanol–water partition coefficient (Wildman–Crippen LogP) is 0.887. The number of carbonyl (C=O) groups is 2. The number of hydrogen-bond donors (Lipinski definition) is 1. The van der Waals surface area contributed by atoms with E-state index < -0.39 is 11.9 Å². The number of carboxylic acid groups (broad SMARTS) is 1. The summed E-state index contributed by atoms with van der Waals surface area (Å²) in [4.78, 5) is 28.4. The Labute approximate surface area is 105 Å². The Morgan fingerprint density at radius 1 is 1.56 bits per heavy atom. The highest BCUT2D eigenvalue weighted by molar-refractivity contribution is 6.03. The Morgan fingerprint density at radius 2 is 2.22 bits per heavy atom. The van der Waals surface area contributed by atoms with Crippen molar-refractivity contribution in [1.82, 2.24) is 9.88 Å². The average molecular weight is 252 g/mol. The topological polar surface area (TPSA) is 79.7 Å². The van der Waals surface area contributed by atoms with Gasteiger partial charge in [0.2, 0.25) is 0 Å². The van der Waals surface area contributed by atoms with Crippen molar-refractivity contribution in [2.75, 3.05) is 20.8 Å². The molecule has 0 aliphatic heterocycles. The van der Waals surface area contributed by atoms with E-state index in [0.29, 0.717) is 6.61 Å². The van der Waals surface area contributed by atoms with Crippen LogP contribution in [-0.4, -0.2) is 53.7 Å². The number of methoxy groups -OCH3 is 1. The number of ether oxygens (including phenoxy) is 1. The summed E-state index contributed by atoms with van der Waals surface area (Å²) in [7, 11) is 3.13. The van der Waals surface area contributed by atoms with Crippen molar-refractivity contribution in [2.45, 2.75) is 13.0 Å². The van der Waals surface area contributed by atoms with Crippen molar-refractivity contribution in [1.29, 1.82) is 0 Å². The van der Waals surface area contributed by atoms with Gasteiger partial charge in [-0.15, -0.1) is 0 Å². The van der Waals surface area contributed by atoms with Crippen molar-refractivity contribution in [3.8, 4) is 0 Å². The Morgan fingerprint density at radius 3 is 2.78 bits per heavy atom. The molecule has 6 nitrogen and oxygen atoms in total. The van der Waals surface area contributed by atoms with E-state index in [0.717, 1.165) is 0 Å². The Hall–Kier alpha value is -1.95. The first-order valence-corrected chi connectivity index (χ1v) is 5.43. The number of likely N-dealkylation sites (N-methyl/N-ethyl adjacent to an activating group) is 1. The maximum atomic E-state index is 12.1. The third-order valence-corrected chi connectivity index (χ3v) is 2.63. The van der Waals surface area contributed by atoms with Crippen LogP contribution in [0, 0.1) is 0 Å². The molecule has 1 amide bonds. The second-order valence-electron chi connectivity index (χ2n) is 3.93. The molecule has 0 radical (unpaired) electrons. The molecular formula is C12H16N2O4. The normalized spacial score (nSPS) is 11.9. The van der Waals surface area contributed by atoms with Crippen molar-refractivity contribution in [2.24, 2.45) is 0 Å². The molecule has 98 valence electrons. The molecule has 0 aromatic carbocycles. The molecule has 0 saturated heterocycles. The predicted molar refractivity (Wildman–Crippen MR) is 64.6 cm³/mol. The Balaban J connectivity index is 3.00. The molecule has 6 heteroatoms. The summed E-state index contributed by atoms with van der Waals surface area (Å²) in [6, 6.07) is 2.68. The smallest absolute Gasteiger partial charge is 0.338 e. The number of rotatable bonds is 5.